The molecule has 0 unspecified atom stereocenters. The molecule has 3 aromatic rings. The highest BCUT2D eigenvalue weighted by molar-refractivity contribution is 7.87. The predicted octanol–water partition coefficient (Wildman–Crippen LogP) is 3.78. The van der Waals surface area contributed by atoms with Crippen LogP contribution in [0.5, 0.6) is 11.5 Å². The molecule has 29 heavy (non-hydrogen) atoms. The molecule has 0 saturated carbocycles. The maximum atomic E-state index is 12.5. The van der Waals surface area contributed by atoms with Crippen molar-refractivity contribution in [1.82, 2.24) is 5.32 Å². The first-order chi connectivity index (χ1) is 14.0. The highest BCUT2D eigenvalue weighted by atomic mass is 32.2. The molecule has 6 nitrogen and oxygen atoms in total. The molecule has 0 aliphatic rings. The van der Waals surface area contributed by atoms with Gasteiger partial charge in [0.1, 0.15) is 16.4 Å². The number of carbonyl (C=O) groups is 1. The van der Waals surface area contributed by atoms with Crippen LogP contribution in [0.3, 0.4) is 0 Å². The fourth-order valence-electron chi connectivity index (χ4n) is 2.61. The zero-order valence-corrected chi connectivity index (χ0v) is 16.7. The van der Waals surface area contributed by atoms with Crippen molar-refractivity contribution in [2.75, 3.05) is 6.61 Å². The lowest BCUT2D eigenvalue weighted by molar-refractivity contribution is 0.0950. The summed E-state index contributed by atoms with van der Waals surface area (Å²) in [5.41, 5.74) is 1.27. The second-order valence-electron chi connectivity index (χ2n) is 6.14. The van der Waals surface area contributed by atoms with Gasteiger partial charge >= 0.3 is 10.1 Å². The maximum Gasteiger partial charge on any atom is 0.339 e. The molecule has 0 aromatic heterocycles. The van der Waals surface area contributed by atoms with E-state index in [2.05, 4.69) is 5.32 Å². The first-order valence-corrected chi connectivity index (χ1v) is 10.5. The quantitative estimate of drug-likeness (QED) is 0.571. The Bertz CT molecular complexity index is 1060. The second kappa shape index (κ2) is 9.25. The predicted molar refractivity (Wildman–Crippen MR) is 109 cm³/mol. The van der Waals surface area contributed by atoms with E-state index in [1.165, 1.54) is 24.3 Å². The number of carbonyl (C=O) groups excluding carboxylic acids is 1. The standard InChI is InChI=1S/C22H21NO5S/c1-2-27-19-11-13-21(14-12-19)29(25,26)28-20-10-6-9-18(15-20)22(24)23-16-17-7-4-3-5-8-17/h3-15H,2,16H2,1H3,(H,23,24). The van der Waals surface area contributed by atoms with Crippen molar-refractivity contribution in [2.24, 2.45) is 0 Å². The Morgan fingerprint density at radius 1 is 0.897 bits per heavy atom. The van der Waals surface area contributed by atoms with E-state index in [1.807, 2.05) is 37.3 Å². The van der Waals surface area contributed by atoms with Gasteiger partial charge in [-0.3, -0.25) is 4.79 Å². The topological polar surface area (TPSA) is 81.7 Å². The third kappa shape index (κ3) is 5.58. The number of nitrogens with one attached hydrogen (secondary N) is 1. The number of amides is 1. The number of benzene rings is 3. The number of rotatable bonds is 8. The molecule has 0 saturated heterocycles. The third-order valence-corrected chi connectivity index (χ3v) is 5.28. The fourth-order valence-corrected chi connectivity index (χ4v) is 3.54. The third-order valence-electron chi connectivity index (χ3n) is 4.02. The summed E-state index contributed by atoms with van der Waals surface area (Å²) in [7, 11) is -4.03. The van der Waals surface area contributed by atoms with Crippen LogP contribution in [0.4, 0.5) is 0 Å². The second-order valence-corrected chi connectivity index (χ2v) is 7.68. The summed E-state index contributed by atoms with van der Waals surface area (Å²) in [5, 5.41) is 2.80. The first-order valence-electron chi connectivity index (χ1n) is 9.07. The molecule has 0 spiro atoms. The summed E-state index contributed by atoms with van der Waals surface area (Å²) in [6, 6.07) is 21.5. The Morgan fingerprint density at radius 3 is 2.31 bits per heavy atom. The van der Waals surface area contributed by atoms with Gasteiger partial charge in [0.15, 0.2) is 0 Å². The normalized spacial score (nSPS) is 10.9. The molecular weight excluding hydrogens is 390 g/mol. The molecule has 1 N–H and O–H groups in total. The fraction of sp³-hybridized carbons (Fsp3) is 0.136. The van der Waals surface area contributed by atoms with Crippen molar-refractivity contribution in [3.63, 3.8) is 0 Å². The van der Waals surface area contributed by atoms with E-state index in [0.29, 0.717) is 24.5 Å². The Labute approximate surface area is 170 Å². The van der Waals surface area contributed by atoms with Crippen LogP contribution in [0.15, 0.2) is 83.8 Å². The summed E-state index contributed by atoms with van der Waals surface area (Å²) < 4.78 is 35.5. The molecule has 3 rings (SSSR count). The monoisotopic (exact) mass is 411 g/mol. The Balaban J connectivity index is 1.69. The molecule has 0 heterocycles. The summed E-state index contributed by atoms with van der Waals surface area (Å²) in [6.07, 6.45) is 0. The van der Waals surface area contributed by atoms with E-state index >= 15 is 0 Å². The van der Waals surface area contributed by atoms with Crippen LogP contribution in [0.1, 0.15) is 22.8 Å². The van der Waals surface area contributed by atoms with Crippen LogP contribution in [-0.4, -0.2) is 20.9 Å². The Kier molecular flexibility index (Phi) is 6.51. The molecule has 0 aliphatic carbocycles. The minimum absolute atomic E-state index is 0.000106. The zero-order chi connectivity index (χ0) is 20.7. The molecule has 0 bridgehead atoms. The van der Waals surface area contributed by atoms with E-state index in [0.717, 1.165) is 5.56 Å². The molecule has 0 aliphatic heterocycles. The van der Waals surface area contributed by atoms with E-state index < -0.39 is 10.1 Å². The van der Waals surface area contributed by atoms with Gasteiger partial charge in [-0.15, -0.1) is 0 Å². The molecule has 0 fully saturated rings. The lowest BCUT2D eigenvalue weighted by Gasteiger charge is -2.10. The van der Waals surface area contributed by atoms with Gasteiger partial charge in [-0.05, 0) is 55.0 Å². The van der Waals surface area contributed by atoms with Gasteiger partial charge in [-0.2, -0.15) is 8.42 Å². The highest BCUT2D eigenvalue weighted by Crippen LogP contribution is 2.22. The largest absolute Gasteiger partial charge is 0.494 e. The summed E-state index contributed by atoms with van der Waals surface area (Å²) >= 11 is 0. The minimum Gasteiger partial charge on any atom is -0.494 e. The van der Waals surface area contributed by atoms with E-state index in [4.69, 9.17) is 8.92 Å². The van der Waals surface area contributed by atoms with Gasteiger partial charge in [0.05, 0.1) is 6.61 Å². The molecule has 1 amide bonds. The van der Waals surface area contributed by atoms with Crippen LogP contribution in [0.2, 0.25) is 0 Å². The molecule has 0 atom stereocenters. The highest BCUT2D eigenvalue weighted by Gasteiger charge is 2.17. The molecule has 7 heteroatoms. The molecule has 3 aromatic carbocycles. The van der Waals surface area contributed by atoms with Gasteiger partial charge in [0, 0.05) is 12.1 Å². The van der Waals surface area contributed by atoms with Crippen LogP contribution in [0.25, 0.3) is 0 Å². The van der Waals surface area contributed by atoms with Crippen molar-refractivity contribution >= 4 is 16.0 Å². The van der Waals surface area contributed by atoms with Crippen LogP contribution in [-0.2, 0) is 16.7 Å². The molecule has 150 valence electrons. The smallest absolute Gasteiger partial charge is 0.339 e. The van der Waals surface area contributed by atoms with Crippen molar-refractivity contribution in [3.05, 3.63) is 90.0 Å². The van der Waals surface area contributed by atoms with Crippen molar-refractivity contribution in [3.8, 4) is 11.5 Å². The lowest BCUT2D eigenvalue weighted by Crippen LogP contribution is -2.22. The SMILES string of the molecule is CCOc1ccc(S(=O)(=O)Oc2cccc(C(=O)NCc3ccccc3)c2)cc1. The van der Waals surface area contributed by atoms with E-state index in [9.17, 15) is 13.2 Å². The lowest BCUT2D eigenvalue weighted by atomic mass is 10.2. The average Bonchev–Trinajstić information content (AvgIpc) is 2.73. The van der Waals surface area contributed by atoms with Gasteiger partial charge < -0.3 is 14.2 Å². The zero-order valence-electron chi connectivity index (χ0n) is 15.9. The average molecular weight is 411 g/mol. The Hall–Kier alpha value is -3.32. The van der Waals surface area contributed by atoms with E-state index in [1.54, 1.807) is 24.3 Å². The van der Waals surface area contributed by atoms with Gasteiger partial charge in [-0.25, -0.2) is 0 Å². The van der Waals surface area contributed by atoms with Crippen LogP contribution >= 0.6 is 0 Å². The van der Waals surface area contributed by atoms with Crippen molar-refractivity contribution < 1.29 is 22.1 Å². The maximum absolute atomic E-state index is 12.5. The van der Waals surface area contributed by atoms with Crippen molar-refractivity contribution in [1.29, 1.82) is 0 Å². The molecular formula is C22H21NO5S. The number of hydrogen-bond donors (Lipinski definition) is 1. The number of hydrogen-bond acceptors (Lipinski definition) is 5. The van der Waals surface area contributed by atoms with Gasteiger partial charge in [0.2, 0.25) is 0 Å². The molecule has 0 radical (unpaired) electrons. The summed E-state index contributed by atoms with van der Waals surface area (Å²) in [4.78, 5) is 12.4. The van der Waals surface area contributed by atoms with Crippen LogP contribution < -0.4 is 14.2 Å². The van der Waals surface area contributed by atoms with Crippen LogP contribution in [0, 0.1) is 0 Å². The summed E-state index contributed by atoms with van der Waals surface area (Å²) in [5.74, 6) is 0.313. The van der Waals surface area contributed by atoms with E-state index in [-0.39, 0.29) is 16.6 Å². The number of ether oxygens (including phenoxy) is 1. The van der Waals surface area contributed by atoms with Gasteiger partial charge in [-0.1, -0.05) is 36.4 Å². The van der Waals surface area contributed by atoms with Gasteiger partial charge in [0.25, 0.3) is 5.91 Å². The van der Waals surface area contributed by atoms with Crippen molar-refractivity contribution in [2.45, 2.75) is 18.4 Å². The first kappa shape index (κ1) is 20.4. The summed E-state index contributed by atoms with van der Waals surface area (Å²) in [6.45, 7) is 2.70. The Morgan fingerprint density at radius 2 is 1.62 bits per heavy atom. The minimum atomic E-state index is -4.03.